The van der Waals surface area contributed by atoms with Crippen molar-refractivity contribution in [1.29, 1.82) is 0 Å². The van der Waals surface area contributed by atoms with Crippen LogP contribution >= 0.6 is 0 Å². The van der Waals surface area contributed by atoms with E-state index in [9.17, 15) is 9.59 Å². The summed E-state index contributed by atoms with van der Waals surface area (Å²) >= 11 is 0. The molecular weight excluding hydrogens is 174 g/mol. The summed E-state index contributed by atoms with van der Waals surface area (Å²) in [6.07, 6.45) is 1.71. The zero-order valence-electron chi connectivity index (χ0n) is 7.62. The zero-order chi connectivity index (χ0) is 10.3. The van der Waals surface area contributed by atoms with Gasteiger partial charge in [-0.2, -0.15) is 0 Å². The van der Waals surface area contributed by atoms with Crippen molar-refractivity contribution in [1.82, 2.24) is 5.32 Å². The van der Waals surface area contributed by atoms with Crippen LogP contribution < -0.4 is 5.32 Å². The Bertz CT molecular complexity index is 181. The monoisotopic (exact) mass is 189 g/mol. The van der Waals surface area contributed by atoms with Crippen molar-refractivity contribution in [3.8, 4) is 0 Å². The number of carboxylic acid groups (broad SMARTS) is 2. The van der Waals surface area contributed by atoms with Gasteiger partial charge in [0.2, 0.25) is 0 Å². The second-order valence-electron chi connectivity index (χ2n) is 2.84. The van der Waals surface area contributed by atoms with E-state index in [1.165, 1.54) is 0 Å². The number of unbranched alkanes of at least 4 members (excludes halogenated alkanes) is 2. The third kappa shape index (κ3) is 5.95. The number of carboxylic acids is 1. The highest BCUT2D eigenvalue weighted by molar-refractivity contribution is 5.78. The highest BCUT2D eigenvalue weighted by Crippen LogP contribution is 2.03. The summed E-state index contributed by atoms with van der Waals surface area (Å²) in [4.78, 5) is 20.7. The Morgan fingerprint density at radius 3 is 2.31 bits per heavy atom. The molecule has 0 rings (SSSR count). The van der Waals surface area contributed by atoms with E-state index in [-0.39, 0.29) is 0 Å². The van der Waals surface area contributed by atoms with E-state index in [0.717, 1.165) is 19.3 Å². The SMILES string of the molecule is CCCCCC(NC(=O)O)C(=O)O. The summed E-state index contributed by atoms with van der Waals surface area (Å²) in [5.41, 5.74) is 0. The van der Waals surface area contributed by atoms with Gasteiger partial charge in [-0.1, -0.05) is 26.2 Å². The maximum absolute atomic E-state index is 10.5. The molecule has 1 amide bonds. The van der Waals surface area contributed by atoms with Gasteiger partial charge >= 0.3 is 12.1 Å². The molecule has 0 radical (unpaired) electrons. The minimum atomic E-state index is -1.29. The lowest BCUT2D eigenvalue weighted by Crippen LogP contribution is -2.39. The molecule has 0 fully saturated rings. The molecule has 1 atom stereocenters. The van der Waals surface area contributed by atoms with Crippen molar-refractivity contribution in [2.24, 2.45) is 0 Å². The molecule has 0 spiro atoms. The summed E-state index contributed by atoms with van der Waals surface area (Å²) in [5.74, 6) is -1.11. The van der Waals surface area contributed by atoms with Crippen molar-refractivity contribution >= 4 is 12.1 Å². The number of carbonyl (C=O) groups is 2. The van der Waals surface area contributed by atoms with Gasteiger partial charge in [0.05, 0.1) is 0 Å². The molecule has 5 nitrogen and oxygen atoms in total. The Kier molecular flexibility index (Phi) is 5.67. The van der Waals surface area contributed by atoms with E-state index >= 15 is 0 Å². The fourth-order valence-electron chi connectivity index (χ4n) is 1.00. The van der Waals surface area contributed by atoms with Crippen molar-refractivity contribution in [3.63, 3.8) is 0 Å². The summed E-state index contributed by atoms with van der Waals surface area (Å²) in [6, 6.07) is -0.968. The van der Waals surface area contributed by atoms with Gasteiger partial charge in [0.15, 0.2) is 0 Å². The number of hydrogen-bond donors (Lipinski definition) is 3. The lowest BCUT2D eigenvalue weighted by atomic mass is 10.1. The lowest BCUT2D eigenvalue weighted by molar-refractivity contribution is -0.139. The molecule has 3 N–H and O–H groups in total. The van der Waals surface area contributed by atoms with E-state index in [1.807, 2.05) is 12.2 Å². The van der Waals surface area contributed by atoms with Gasteiger partial charge < -0.3 is 15.5 Å². The quantitative estimate of drug-likeness (QED) is 0.549. The van der Waals surface area contributed by atoms with Gasteiger partial charge in [0, 0.05) is 0 Å². The topological polar surface area (TPSA) is 86.6 Å². The molecule has 0 bridgehead atoms. The molecule has 13 heavy (non-hydrogen) atoms. The fraction of sp³-hybridized carbons (Fsp3) is 0.750. The van der Waals surface area contributed by atoms with E-state index in [2.05, 4.69) is 0 Å². The van der Waals surface area contributed by atoms with Crippen molar-refractivity contribution in [2.45, 2.75) is 38.6 Å². The van der Waals surface area contributed by atoms with Crippen molar-refractivity contribution in [2.75, 3.05) is 0 Å². The van der Waals surface area contributed by atoms with Crippen molar-refractivity contribution < 1.29 is 19.8 Å². The molecule has 0 aromatic heterocycles. The van der Waals surface area contributed by atoms with Crippen LogP contribution in [-0.4, -0.2) is 28.3 Å². The molecule has 0 saturated carbocycles. The average Bonchev–Trinajstić information content (AvgIpc) is 2.02. The summed E-state index contributed by atoms with van der Waals surface area (Å²) in [5, 5.41) is 18.9. The Morgan fingerprint density at radius 2 is 1.92 bits per heavy atom. The molecule has 0 aliphatic heterocycles. The fourth-order valence-corrected chi connectivity index (χ4v) is 1.00. The molecular formula is C8H15NO4. The minimum Gasteiger partial charge on any atom is -0.480 e. The summed E-state index contributed by atoms with van der Waals surface area (Å²) in [6.45, 7) is 2.00. The summed E-state index contributed by atoms with van der Waals surface area (Å²) < 4.78 is 0. The Morgan fingerprint density at radius 1 is 1.31 bits per heavy atom. The highest BCUT2D eigenvalue weighted by Gasteiger charge is 2.18. The normalized spacial score (nSPS) is 12.1. The molecule has 5 heteroatoms. The van der Waals surface area contributed by atoms with Gasteiger partial charge in [-0.15, -0.1) is 0 Å². The second-order valence-corrected chi connectivity index (χ2v) is 2.84. The van der Waals surface area contributed by atoms with E-state index in [4.69, 9.17) is 10.2 Å². The highest BCUT2D eigenvalue weighted by atomic mass is 16.4. The van der Waals surface area contributed by atoms with Gasteiger partial charge in [0.25, 0.3) is 0 Å². The van der Waals surface area contributed by atoms with Crippen LogP contribution in [0, 0.1) is 0 Å². The predicted molar refractivity (Wildman–Crippen MR) is 46.7 cm³/mol. The van der Waals surface area contributed by atoms with E-state index in [1.54, 1.807) is 0 Å². The van der Waals surface area contributed by atoms with Crippen LogP contribution in [0.15, 0.2) is 0 Å². The first kappa shape index (κ1) is 11.7. The molecule has 0 aliphatic rings. The number of rotatable bonds is 6. The molecule has 0 heterocycles. The molecule has 0 aromatic carbocycles. The van der Waals surface area contributed by atoms with E-state index < -0.39 is 18.1 Å². The number of aliphatic carboxylic acids is 1. The Labute approximate surface area is 76.8 Å². The minimum absolute atomic E-state index is 0.357. The molecule has 0 saturated heterocycles. The van der Waals surface area contributed by atoms with Crippen LogP contribution in [0.3, 0.4) is 0 Å². The van der Waals surface area contributed by atoms with Crippen molar-refractivity contribution in [3.05, 3.63) is 0 Å². The Balaban J connectivity index is 3.81. The van der Waals surface area contributed by atoms with E-state index in [0.29, 0.717) is 6.42 Å². The summed E-state index contributed by atoms with van der Waals surface area (Å²) in [7, 11) is 0. The van der Waals surface area contributed by atoms with Crippen LogP contribution in [-0.2, 0) is 4.79 Å². The smallest absolute Gasteiger partial charge is 0.405 e. The van der Waals surface area contributed by atoms with Crippen LogP contribution in [0.25, 0.3) is 0 Å². The molecule has 76 valence electrons. The maximum Gasteiger partial charge on any atom is 0.405 e. The van der Waals surface area contributed by atoms with Gasteiger partial charge in [-0.05, 0) is 6.42 Å². The molecule has 1 unspecified atom stereocenters. The van der Waals surface area contributed by atoms with Gasteiger partial charge in [-0.25, -0.2) is 9.59 Å². The number of nitrogens with one attached hydrogen (secondary N) is 1. The lowest BCUT2D eigenvalue weighted by Gasteiger charge is -2.10. The largest absolute Gasteiger partial charge is 0.480 e. The number of amides is 1. The van der Waals surface area contributed by atoms with Crippen LogP contribution in [0.5, 0.6) is 0 Å². The molecule has 0 aromatic rings. The third-order valence-electron chi connectivity index (χ3n) is 1.69. The first-order valence-corrected chi connectivity index (χ1v) is 4.30. The first-order chi connectivity index (χ1) is 6.07. The van der Waals surface area contributed by atoms with Gasteiger partial charge in [0.1, 0.15) is 6.04 Å². The zero-order valence-corrected chi connectivity index (χ0v) is 7.62. The maximum atomic E-state index is 10.5. The van der Waals surface area contributed by atoms with Crippen LogP contribution in [0.1, 0.15) is 32.6 Å². The first-order valence-electron chi connectivity index (χ1n) is 4.30. The second kappa shape index (κ2) is 6.28. The van der Waals surface area contributed by atoms with Crippen LogP contribution in [0.2, 0.25) is 0 Å². The average molecular weight is 189 g/mol. The van der Waals surface area contributed by atoms with Gasteiger partial charge in [-0.3, -0.25) is 0 Å². The third-order valence-corrected chi connectivity index (χ3v) is 1.69. The van der Waals surface area contributed by atoms with Crippen LogP contribution in [0.4, 0.5) is 4.79 Å². The molecule has 0 aliphatic carbocycles. The Hall–Kier alpha value is -1.26. The predicted octanol–water partition coefficient (Wildman–Crippen LogP) is 1.29. The number of hydrogen-bond acceptors (Lipinski definition) is 2. The standard InChI is InChI=1S/C8H15NO4/c1-2-3-4-5-6(7(10)11)9-8(12)13/h6,9H,2-5H2,1H3,(H,10,11)(H,12,13).